The molecule has 0 saturated heterocycles. The molecule has 52 valence electrons. The zero-order valence-electron chi connectivity index (χ0n) is 5.73. The van der Waals surface area contributed by atoms with E-state index in [0.29, 0.717) is 0 Å². The van der Waals surface area contributed by atoms with Crippen LogP contribution in [-0.2, 0) is 0 Å². The van der Waals surface area contributed by atoms with Gasteiger partial charge < -0.3 is 5.41 Å². The van der Waals surface area contributed by atoms with Crippen LogP contribution >= 0.6 is 0 Å². The molecule has 0 aliphatic rings. The predicted octanol–water partition coefficient (Wildman–Crippen LogP) is 0.578. The molecule has 0 saturated carbocycles. The van der Waals surface area contributed by atoms with Crippen molar-refractivity contribution in [1.29, 1.82) is 5.26 Å². The smallest absolute Gasteiger partial charge is 0.309 e. The molecule has 0 atom stereocenters. The minimum Gasteiger partial charge on any atom is -0.757 e. The van der Waals surface area contributed by atoms with Gasteiger partial charge in [-0.25, -0.2) is 0 Å². The number of nitrogens with zero attached hydrogens (tertiary/aromatic N) is 3. The normalized spacial score (nSPS) is 7.91. The number of hydrogen-bond donors (Lipinski definition) is 0. The van der Waals surface area contributed by atoms with Crippen molar-refractivity contribution in [2.24, 2.45) is 0 Å². The maximum atomic E-state index is 8.45. The van der Waals surface area contributed by atoms with E-state index in [9.17, 15) is 0 Å². The lowest BCUT2D eigenvalue weighted by molar-refractivity contribution is -0.575. The molecule has 11 heavy (non-hydrogen) atoms. The van der Waals surface area contributed by atoms with Crippen molar-refractivity contribution in [3.05, 3.63) is 36.0 Å². The maximum absolute atomic E-state index is 8.45. The molecule has 1 rings (SSSR count). The van der Waals surface area contributed by atoms with Gasteiger partial charge in [0.1, 0.15) is 0 Å². The summed E-state index contributed by atoms with van der Waals surface area (Å²) in [5.74, 6) is 1.79. The lowest BCUT2D eigenvalue weighted by atomic mass is 10.4. The fourth-order valence-corrected chi connectivity index (χ4v) is 0.688. The zero-order valence-corrected chi connectivity index (χ0v) is 5.73. The summed E-state index contributed by atoms with van der Waals surface area (Å²) in [5, 5.41) is 16.9. The fraction of sp³-hybridized carbons (Fsp3) is 0. The molecule has 0 radical (unpaired) electrons. The topological polar surface area (TPSA) is 50.0 Å². The minimum absolute atomic E-state index is 0.0746. The van der Waals surface area contributed by atoms with Crippen LogP contribution in [0.4, 0.5) is 0 Å². The Morgan fingerprint density at radius 1 is 1.27 bits per heavy atom. The van der Waals surface area contributed by atoms with Crippen molar-refractivity contribution in [2.75, 3.05) is 0 Å². The van der Waals surface area contributed by atoms with Gasteiger partial charge in [0, 0.05) is 12.1 Å². The van der Waals surface area contributed by atoms with Crippen molar-refractivity contribution < 1.29 is 4.57 Å². The molecule has 1 aromatic rings. The third-order valence-corrected chi connectivity index (χ3v) is 1.19. The number of rotatable bonds is 1. The molecule has 1 aromatic heterocycles. The molecule has 0 spiro atoms. The second kappa shape index (κ2) is 3.31. The molecule has 0 aromatic carbocycles. The predicted molar refractivity (Wildman–Crippen MR) is 40.3 cm³/mol. The maximum Gasteiger partial charge on any atom is 0.309 e. The van der Waals surface area contributed by atoms with Gasteiger partial charge in [0.05, 0.1) is 0 Å². The van der Waals surface area contributed by atoms with Gasteiger partial charge >= 0.3 is 5.70 Å². The van der Waals surface area contributed by atoms with Crippen molar-refractivity contribution in [3.8, 4) is 6.07 Å². The standard InChI is InChI=1S/C8H5N3/c9-6-8(7-10)11-4-2-1-3-5-11/h1-5H. The van der Waals surface area contributed by atoms with E-state index in [-0.39, 0.29) is 5.70 Å². The van der Waals surface area contributed by atoms with Crippen LogP contribution in [0.2, 0.25) is 0 Å². The van der Waals surface area contributed by atoms with Gasteiger partial charge in [0.2, 0.25) is 0 Å². The van der Waals surface area contributed by atoms with Crippen molar-refractivity contribution in [1.82, 2.24) is 0 Å². The van der Waals surface area contributed by atoms with Crippen LogP contribution in [0.25, 0.3) is 11.1 Å². The number of pyridine rings is 1. The summed E-state index contributed by atoms with van der Waals surface area (Å²) in [6, 6.07) is 7.13. The summed E-state index contributed by atoms with van der Waals surface area (Å²) in [4.78, 5) is 0. The molecule has 1 heterocycles. The Kier molecular flexibility index (Phi) is 2.16. The van der Waals surface area contributed by atoms with E-state index in [1.165, 1.54) is 4.57 Å². The highest BCUT2D eigenvalue weighted by molar-refractivity contribution is 5.84. The van der Waals surface area contributed by atoms with E-state index >= 15 is 0 Å². The Morgan fingerprint density at radius 3 is 2.36 bits per heavy atom. The van der Waals surface area contributed by atoms with Crippen LogP contribution in [0.3, 0.4) is 0 Å². The Balaban J connectivity index is 3.15. The Labute approximate surface area is 64.3 Å². The average molecular weight is 143 g/mol. The third kappa shape index (κ3) is 1.51. The van der Waals surface area contributed by atoms with Gasteiger partial charge in [-0.3, -0.25) is 0 Å². The first-order valence-corrected chi connectivity index (χ1v) is 3.02. The summed E-state index contributed by atoms with van der Waals surface area (Å²) in [6.45, 7) is 0. The van der Waals surface area contributed by atoms with E-state index < -0.39 is 0 Å². The first-order chi connectivity index (χ1) is 5.38. The average Bonchev–Trinajstić information content (AvgIpc) is 2.09. The van der Waals surface area contributed by atoms with E-state index in [1.807, 2.05) is 6.07 Å². The summed E-state index contributed by atoms with van der Waals surface area (Å²) in [6.07, 6.45) is 3.31. The number of hydrogen-bond acceptors (Lipinski definition) is 1. The van der Waals surface area contributed by atoms with Crippen molar-refractivity contribution in [3.63, 3.8) is 0 Å². The largest absolute Gasteiger partial charge is 0.757 e. The van der Waals surface area contributed by atoms with Gasteiger partial charge in [-0.05, 0) is 0 Å². The lowest BCUT2D eigenvalue weighted by Gasteiger charge is -1.87. The van der Waals surface area contributed by atoms with E-state index in [4.69, 9.17) is 10.7 Å². The molecule has 0 fully saturated rings. The van der Waals surface area contributed by atoms with Gasteiger partial charge in [-0.1, -0.05) is 6.07 Å². The fourth-order valence-electron chi connectivity index (χ4n) is 0.688. The molecule has 0 unspecified atom stereocenters. The van der Waals surface area contributed by atoms with E-state index in [0.717, 1.165) is 0 Å². The minimum atomic E-state index is 0.0746. The molecule has 3 heteroatoms. The highest BCUT2D eigenvalue weighted by Gasteiger charge is 2.01. The van der Waals surface area contributed by atoms with Crippen LogP contribution < -0.4 is 4.57 Å². The van der Waals surface area contributed by atoms with Gasteiger partial charge in [-0.15, -0.1) is 0 Å². The highest BCUT2D eigenvalue weighted by atomic mass is 14.9. The highest BCUT2D eigenvalue weighted by Crippen LogP contribution is 1.84. The molecule has 0 aliphatic heterocycles. The quantitative estimate of drug-likeness (QED) is 0.322. The molecule has 0 bridgehead atoms. The summed E-state index contributed by atoms with van der Waals surface area (Å²) < 4.78 is 1.47. The molecule has 0 aliphatic carbocycles. The van der Waals surface area contributed by atoms with Gasteiger partial charge in [0.25, 0.3) is 0 Å². The first kappa shape index (κ1) is 7.20. The van der Waals surface area contributed by atoms with Crippen LogP contribution in [0, 0.1) is 11.3 Å². The summed E-state index contributed by atoms with van der Waals surface area (Å²) in [5.41, 5.74) is 0.0746. The SMILES string of the molecule is N#CC(=C=[N-])[n+]1ccccc1. The number of aromatic nitrogens is 1. The van der Waals surface area contributed by atoms with E-state index in [1.54, 1.807) is 36.5 Å². The lowest BCUT2D eigenvalue weighted by Crippen LogP contribution is -2.30. The molecular formula is C8H5N3. The van der Waals surface area contributed by atoms with Crippen LogP contribution in [-0.4, -0.2) is 5.87 Å². The molecule has 0 amide bonds. The Hall–Kier alpha value is -1.91. The second-order valence-electron chi connectivity index (χ2n) is 1.85. The van der Waals surface area contributed by atoms with Crippen LogP contribution in [0.15, 0.2) is 30.6 Å². The van der Waals surface area contributed by atoms with E-state index in [2.05, 4.69) is 0 Å². The summed E-state index contributed by atoms with van der Waals surface area (Å²) >= 11 is 0. The third-order valence-electron chi connectivity index (χ3n) is 1.19. The Bertz CT molecular complexity index is 328. The number of allylic oxidation sites excluding steroid dienone is 1. The second-order valence-corrected chi connectivity index (χ2v) is 1.85. The Morgan fingerprint density at radius 2 is 1.91 bits per heavy atom. The van der Waals surface area contributed by atoms with Crippen molar-refractivity contribution >= 4 is 11.6 Å². The zero-order chi connectivity index (χ0) is 8.10. The van der Waals surface area contributed by atoms with Gasteiger partial charge in [0.15, 0.2) is 18.5 Å². The number of nitriles is 1. The summed E-state index contributed by atoms with van der Waals surface area (Å²) in [7, 11) is 0. The molecule has 0 N–H and O–H groups in total. The molecule has 3 nitrogen and oxygen atoms in total. The monoisotopic (exact) mass is 143 g/mol. The van der Waals surface area contributed by atoms with Crippen LogP contribution in [0.5, 0.6) is 0 Å². The van der Waals surface area contributed by atoms with Crippen LogP contribution in [0.1, 0.15) is 0 Å². The van der Waals surface area contributed by atoms with Gasteiger partial charge in [-0.2, -0.15) is 15.7 Å². The molecular weight excluding hydrogens is 138 g/mol. The first-order valence-electron chi connectivity index (χ1n) is 3.02. The van der Waals surface area contributed by atoms with Crippen molar-refractivity contribution in [2.45, 2.75) is 0 Å².